The highest BCUT2D eigenvalue weighted by Gasteiger charge is 2.46. The van der Waals surface area contributed by atoms with Gasteiger partial charge in [0.05, 0.1) is 0 Å². The zero-order valence-electron chi connectivity index (χ0n) is 13.0. The second-order valence-corrected chi connectivity index (χ2v) is 7.63. The van der Waals surface area contributed by atoms with E-state index in [1.54, 1.807) is 22.6 Å². The van der Waals surface area contributed by atoms with E-state index in [-0.39, 0.29) is 14.9 Å². The maximum atomic E-state index is 12.9. The molecule has 0 fully saturated rings. The Labute approximate surface area is 160 Å². The van der Waals surface area contributed by atoms with Crippen molar-refractivity contribution in [3.63, 3.8) is 0 Å². The van der Waals surface area contributed by atoms with E-state index < -0.39 is 45.7 Å². The van der Waals surface area contributed by atoms with Gasteiger partial charge in [-0.1, -0.05) is 12.6 Å². The van der Waals surface area contributed by atoms with Gasteiger partial charge in [0, 0.05) is 9.14 Å². The molecule has 1 atom stereocenters. The number of benzene rings is 1. The normalized spacial score (nSPS) is 13.0. The molecule has 0 aliphatic heterocycles. The van der Waals surface area contributed by atoms with Crippen LogP contribution in [0.2, 0.25) is 0 Å². The third-order valence-electron chi connectivity index (χ3n) is 2.71. The lowest BCUT2D eigenvalue weighted by Crippen LogP contribution is -2.39. The molecule has 1 rings (SSSR count). The molecule has 1 aromatic carbocycles. The molecule has 0 saturated heterocycles. The van der Waals surface area contributed by atoms with Crippen LogP contribution in [0, 0.1) is 3.57 Å². The molecule has 0 spiro atoms. The monoisotopic (exact) mass is 508 g/mol. The molecule has 1 aromatic rings. The zero-order chi connectivity index (χ0) is 20.3. The SMILES string of the molecule is C=C(C)C(=O)Oc1cccc(I)c1C(=O)OC(CS(=O)(=O)O)C(F)(F)F. The van der Waals surface area contributed by atoms with Gasteiger partial charge in [0.1, 0.15) is 17.1 Å². The average Bonchev–Trinajstić information content (AvgIpc) is 2.43. The van der Waals surface area contributed by atoms with Crippen molar-refractivity contribution < 1.29 is 45.2 Å². The fourth-order valence-corrected chi connectivity index (χ4v) is 2.88. The van der Waals surface area contributed by atoms with E-state index in [9.17, 15) is 31.2 Å². The van der Waals surface area contributed by atoms with E-state index in [1.807, 2.05) is 0 Å². The first-order valence-electron chi connectivity index (χ1n) is 6.61. The van der Waals surface area contributed by atoms with Crippen LogP contribution in [0.15, 0.2) is 30.4 Å². The van der Waals surface area contributed by atoms with Crippen LogP contribution in [0.4, 0.5) is 13.2 Å². The number of ether oxygens (including phenoxy) is 2. The molecule has 12 heteroatoms. The smallest absolute Gasteiger partial charge is 0.426 e. The Balaban J connectivity index is 3.23. The Morgan fingerprint density at radius 1 is 1.35 bits per heavy atom. The van der Waals surface area contributed by atoms with Gasteiger partial charge in [0.25, 0.3) is 10.1 Å². The van der Waals surface area contributed by atoms with Gasteiger partial charge in [0.15, 0.2) is 0 Å². The summed E-state index contributed by atoms with van der Waals surface area (Å²) in [5.41, 5.74) is -0.532. The van der Waals surface area contributed by atoms with Crippen LogP contribution in [0.3, 0.4) is 0 Å². The van der Waals surface area contributed by atoms with Gasteiger partial charge in [-0.15, -0.1) is 0 Å². The number of rotatable bonds is 6. The van der Waals surface area contributed by atoms with Crippen molar-refractivity contribution in [1.82, 2.24) is 0 Å². The fraction of sp³-hybridized carbons (Fsp3) is 0.286. The molecule has 0 bridgehead atoms. The molecular weight excluding hydrogens is 496 g/mol. The number of esters is 2. The van der Waals surface area contributed by atoms with E-state index in [1.165, 1.54) is 19.1 Å². The molecule has 1 N–H and O–H groups in total. The lowest BCUT2D eigenvalue weighted by atomic mass is 10.2. The van der Waals surface area contributed by atoms with E-state index in [0.29, 0.717) is 0 Å². The van der Waals surface area contributed by atoms with Crippen molar-refractivity contribution in [2.75, 3.05) is 5.75 Å². The standard InChI is InChI=1S/C14H12F3IO7S/c1-7(2)12(19)24-9-5-3-4-8(18)11(9)13(20)25-10(14(15,16)17)6-26(21,22)23/h3-5,10H,1,6H2,2H3,(H,21,22,23). The summed E-state index contributed by atoms with van der Waals surface area (Å²) in [7, 11) is -5.08. The minimum Gasteiger partial charge on any atom is -0.448 e. The molecular formula is C14H12F3IO7S. The first kappa shape index (κ1) is 22.4. The summed E-state index contributed by atoms with van der Waals surface area (Å²) in [5.74, 6) is -4.76. The summed E-state index contributed by atoms with van der Waals surface area (Å²) in [6, 6.07) is 3.85. The van der Waals surface area contributed by atoms with Crippen molar-refractivity contribution in [2.45, 2.75) is 19.2 Å². The van der Waals surface area contributed by atoms with E-state index in [2.05, 4.69) is 11.3 Å². The number of hydrogen-bond acceptors (Lipinski definition) is 6. The van der Waals surface area contributed by atoms with Gasteiger partial charge in [0.2, 0.25) is 6.10 Å². The summed E-state index contributed by atoms with van der Waals surface area (Å²) >= 11 is 1.60. The third-order valence-corrected chi connectivity index (χ3v) is 4.33. The predicted octanol–water partition coefficient (Wildman–Crippen LogP) is 2.75. The molecule has 0 aliphatic rings. The number of alkyl halides is 3. The molecule has 0 heterocycles. The number of carbonyl (C=O) groups excluding carboxylic acids is 2. The van der Waals surface area contributed by atoms with E-state index in [4.69, 9.17) is 9.29 Å². The topological polar surface area (TPSA) is 107 Å². The summed E-state index contributed by atoms with van der Waals surface area (Å²) in [4.78, 5) is 23.8. The van der Waals surface area contributed by atoms with Gasteiger partial charge < -0.3 is 9.47 Å². The van der Waals surface area contributed by atoms with Crippen LogP contribution in [-0.2, 0) is 19.6 Å². The van der Waals surface area contributed by atoms with Crippen molar-refractivity contribution in [3.05, 3.63) is 39.5 Å². The van der Waals surface area contributed by atoms with Crippen molar-refractivity contribution in [3.8, 4) is 5.75 Å². The molecule has 0 saturated carbocycles. The lowest BCUT2D eigenvalue weighted by Gasteiger charge is -2.20. The van der Waals surface area contributed by atoms with Crippen LogP contribution in [0.5, 0.6) is 5.75 Å². The summed E-state index contributed by atoms with van der Waals surface area (Å²) < 4.78 is 78.0. The molecule has 0 aliphatic carbocycles. The maximum absolute atomic E-state index is 12.9. The van der Waals surface area contributed by atoms with Crippen molar-refractivity contribution in [2.24, 2.45) is 0 Å². The third kappa shape index (κ3) is 6.57. The minimum absolute atomic E-state index is 0.0253. The van der Waals surface area contributed by atoms with Crippen LogP contribution in [-0.4, -0.2) is 42.9 Å². The highest BCUT2D eigenvalue weighted by Crippen LogP contribution is 2.29. The van der Waals surface area contributed by atoms with Crippen LogP contribution in [0.25, 0.3) is 0 Å². The van der Waals surface area contributed by atoms with Gasteiger partial charge in [-0.05, 0) is 41.6 Å². The Morgan fingerprint density at radius 3 is 2.38 bits per heavy atom. The quantitative estimate of drug-likeness (QED) is 0.207. The van der Waals surface area contributed by atoms with Gasteiger partial charge in [-0.3, -0.25) is 4.55 Å². The minimum atomic E-state index is -5.25. The van der Waals surface area contributed by atoms with Crippen molar-refractivity contribution in [1.29, 1.82) is 0 Å². The van der Waals surface area contributed by atoms with Crippen LogP contribution in [0.1, 0.15) is 17.3 Å². The highest BCUT2D eigenvalue weighted by molar-refractivity contribution is 14.1. The largest absolute Gasteiger partial charge is 0.448 e. The number of halogens is 4. The molecule has 26 heavy (non-hydrogen) atoms. The molecule has 0 aromatic heterocycles. The average molecular weight is 508 g/mol. The fourth-order valence-electron chi connectivity index (χ4n) is 1.55. The molecule has 144 valence electrons. The van der Waals surface area contributed by atoms with Gasteiger partial charge in [-0.2, -0.15) is 21.6 Å². The Hall–Kier alpha value is -1.67. The molecule has 1 unspecified atom stereocenters. The number of carbonyl (C=O) groups is 2. The zero-order valence-corrected chi connectivity index (χ0v) is 16.0. The predicted molar refractivity (Wildman–Crippen MR) is 91.3 cm³/mol. The highest BCUT2D eigenvalue weighted by atomic mass is 127. The first-order valence-corrected chi connectivity index (χ1v) is 9.30. The summed E-state index contributed by atoms with van der Waals surface area (Å²) in [6.45, 7) is 4.65. The lowest BCUT2D eigenvalue weighted by molar-refractivity contribution is -0.197. The van der Waals surface area contributed by atoms with E-state index >= 15 is 0 Å². The van der Waals surface area contributed by atoms with Crippen LogP contribution >= 0.6 is 22.6 Å². The maximum Gasteiger partial charge on any atom is 0.426 e. The first-order chi connectivity index (χ1) is 11.7. The second-order valence-electron chi connectivity index (χ2n) is 4.97. The van der Waals surface area contributed by atoms with Gasteiger partial charge in [-0.25, -0.2) is 9.59 Å². The number of hydrogen-bond donors (Lipinski definition) is 1. The second kappa shape index (κ2) is 8.35. The Morgan fingerprint density at radius 2 is 1.92 bits per heavy atom. The summed E-state index contributed by atoms with van der Waals surface area (Å²) in [6.07, 6.45) is -8.36. The molecule has 0 amide bonds. The summed E-state index contributed by atoms with van der Waals surface area (Å²) in [5, 5.41) is 0. The van der Waals surface area contributed by atoms with E-state index in [0.717, 1.165) is 6.07 Å². The van der Waals surface area contributed by atoms with Gasteiger partial charge >= 0.3 is 18.1 Å². The Bertz CT molecular complexity index is 833. The Kier molecular flexibility index (Phi) is 7.18. The van der Waals surface area contributed by atoms with Crippen LogP contribution < -0.4 is 4.74 Å². The molecule has 0 radical (unpaired) electrons. The van der Waals surface area contributed by atoms with Crippen molar-refractivity contribution >= 4 is 44.6 Å². The molecule has 7 nitrogen and oxygen atoms in total.